The van der Waals surface area contributed by atoms with Gasteiger partial charge in [0.15, 0.2) is 0 Å². The van der Waals surface area contributed by atoms with Gasteiger partial charge < -0.3 is 9.80 Å². The number of alkyl halides is 3. The highest BCUT2D eigenvalue weighted by Crippen LogP contribution is 2.48. The van der Waals surface area contributed by atoms with Gasteiger partial charge in [-0.1, -0.05) is 91.9 Å². The maximum atomic E-state index is 14.2. The van der Waals surface area contributed by atoms with Crippen molar-refractivity contribution in [3.63, 3.8) is 0 Å². The van der Waals surface area contributed by atoms with Crippen molar-refractivity contribution in [1.29, 1.82) is 0 Å². The van der Waals surface area contributed by atoms with Gasteiger partial charge in [0.1, 0.15) is 0 Å². The van der Waals surface area contributed by atoms with Crippen LogP contribution >= 0.6 is 0 Å². The molecule has 4 nitrogen and oxygen atoms in total. The van der Waals surface area contributed by atoms with Crippen molar-refractivity contribution in [1.82, 2.24) is 14.8 Å². The number of fused-ring (bicyclic) bond motifs is 1. The molecule has 1 aliphatic carbocycles. The van der Waals surface area contributed by atoms with Gasteiger partial charge in [-0.05, 0) is 62.7 Å². The predicted octanol–water partition coefficient (Wildman–Crippen LogP) is 9.20. The lowest BCUT2D eigenvalue weighted by atomic mass is 9.73. The maximum Gasteiger partial charge on any atom is 0.417 e. The molecule has 3 rings (SSSR count). The van der Waals surface area contributed by atoms with Crippen molar-refractivity contribution in [2.45, 2.75) is 149 Å². The molecule has 1 amide bonds. The van der Waals surface area contributed by atoms with Crippen LogP contribution in [0, 0.1) is 11.3 Å². The number of nitrogens with zero attached hydrogens (tertiary/aromatic N) is 3. The third kappa shape index (κ3) is 9.43. The summed E-state index contributed by atoms with van der Waals surface area (Å²) in [4.78, 5) is 22.8. The van der Waals surface area contributed by atoms with Crippen LogP contribution in [-0.2, 0) is 23.9 Å². The second-order valence-corrected chi connectivity index (χ2v) is 13.1. The molecular formula is C34H56F3N3O. The molecule has 0 N–H and O–H groups in total. The monoisotopic (exact) mass is 579 g/mol. The number of hydrogen-bond acceptors (Lipinski definition) is 3. The fraction of sp³-hybridized carbons (Fsp3) is 0.824. The van der Waals surface area contributed by atoms with E-state index in [2.05, 4.69) is 37.6 Å². The Labute approximate surface area is 247 Å². The maximum absolute atomic E-state index is 14.2. The summed E-state index contributed by atoms with van der Waals surface area (Å²) in [6, 6.07) is 1.60. The summed E-state index contributed by atoms with van der Waals surface area (Å²) in [7, 11) is 0. The molecule has 234 valence electrons. The molecule has 7 heteroatoms. The molecule has 0 unspecified atom stereocenters. The number of unbranched alkanes of at least 4 members (excludes halogenated alkanes) is 10. The zero-order valence-corrected chi connectivity index (χ0v) is 26.3. The second-order valence-electron chi connectivity index (χ2n) is 13.1. The van der Waals surface area contributed by atoms with Crippen molar-refractivity contribution < 1.29 is 18.0 Å². The fourth-order valence-corrected chi connectivity index (χ4v) is 7.06. The average Bonchev–Trinajstić information content (AvgIpc) is 3.41. The first kappa shape index (κ1) is 33.9. The topological polar surface area (TPSA) is 36.4 Å². The molecule has 0 aromatic carbocycles. The molecule has 41 heavy (non-hydrogen) atoms. The average molecular weight is 580 g/mol. The summed E-state index contributed by atoms with van der Waals surface area (Å²) in [5.74, 6) is 0.322. The van der Waals surface area contributed by atoms with E-state index in [1.54, 1.807) is 0 Å². The van der Waals surface area contributed by atoms with Crippen molar-refractivity contribution in [3.8, 4) is 0 Å². The fourth-order valence-electron chi connectivity index (χ4n) is 7.06. The van der Waals surface area contributed by atoms with Crippen LogP contribution in [0.25, 0.3) is 0 Å². The van der Waals surface area contributed by atoms with Crippen LogP contribution in [0.4, 0.5) is 13.2 Å². The first-order chi connectivity index (χ1) is 19.6. The summed E-state index contributed by atoms with van der Waals surface area (Å²) in [6.45, 7) is 11.8. The van der Waals surface area contributed by atoms with E-state index in [9.17, 15) is 18.0 Å². The van der Waals surface area contributed by atoms with Crippen molar-refractivity contribution >= 4 is 5.91 Å². The van der Waals surface area contributed by atoms with Crippen LogP contribution in [0.1, 0.15) is 141 Å². The molecule has 2 heterocycles. The Kier molecular flexibility index (Phi) is 13.4. The van der Waals surface area contributed by atoms with E-state index in [1.165, 1.54) is 83.1 Å². The minimum atomic E-state index is -4.43. The summed E-state index contributed by atoms with van der Waals surface area (Å²) in [5, 5.41) is 0. The van der Waals surface area contributed by atoms with Crippen LogP contribution < -0.4 is 0 Å². The number of aromatic nitrogens is 1. The third-order valence-electron chi connectivity index (χ3n) is 9.82. The Morgan fingerprint density at radius 3 is 2.15 bits per heavy atom. The number of halogens is 3. The van der Waals surface area contributed by atoms with Crippen LogP contribution in [0.5, 0.6) is 0 Å². The van der Waals surface area contributed by atoms with Crippen molar-refractivity contribution in [3.05, 3.63) is 29.1 Å². The van der Waals surface area contributed by atoms with E-state index >= 15 is 0 Å². The summed E-state index contributed by atoms with van der Waals surface area (Å²) in [6.07, 6.45) is 15.2. The molecule has 1 aromatic rings. The van der Waals surface area contributed by atoms with Crippen molar-refractivity contribution in [2.24, 2.45) is 11.3 Å². The van der Waals surface area contributed by atoms with E-state index in [1.807, 2.05) is 4.90 Å². The molecule has 0 radical (unpaired) electrons. The van der Waals surface area contributed by atoms with Gasteiger partial charge in [0.05, 0.1) is 11.0 Å². The van der Waals surface area contributed by atoms with Gasteiger partial charge >= 0.3 is 6.18 Å². The SMILES string of the molecule is CCCCCCCCN(CCCCCCCC)[C@@H]1CC[C@@](C(=O)N2CCc3ncc(C(F)(F)F)cc3C2)(C(C)C)C1. The molecule has 2 aliphatic rings. The second kappa shape index (κ2) is 16.3. The number of carbonyl (C=O) groups excluding carboxylic acids is 1. The molecule has 2 atom stereocenters. The van der Waals surface area contributed by atoms with Crippen LogP contribution in [0.15, 0.2) is 12.3 Å². The van der Waals surface area contributed by atoms with Gasteiger partial charge in [-0.2, -0.15) is 13.2 Å². The normalized spacial score (nSPS) is 21.2. The minimum absolute atomic E-state index is 0.136. The zero-order valence-electron chi connectivity index (χ0n) is 26.3. The molecule has 0 bridgehead atoms. The van der Waals surface area contributed by atoms with E-state index in [4.69, 9.17) is 0 Å². The molecule has 1 saturated carbocycles. The molecular weight excluding hydrogens is 523 g/mol. The Bertz CT molecular complexity index is 918. The number of amides is 1. The first-order valence-corrected chi connectivity index (χ1v) is 16.7. The quantitative estimate of drug-likeness (QED) is 0.173. The van der Waals surface area contributed by atoms with E-state index < -0.39 is 17.2 Å². The van der Waals surface area contributed by atoms with Gasteiger partial charge in [0.25, 0.3) is 0 Å². The van der Waals surface area contributed by atoms with Gasteiger partial charge in [0, 0.05) is 37.4 Å². The molecule has 0 spiro atoms. The molecule has 1 aromatic heterocycles. The number of carbonyl (C=O) groups is 1. The van der Waals surface area contributed by atoms with E-state index in [0.717, 1.165) is 38.5 Å². The lowest BCUT2D eigenvalue weighted by molar-refractivity contribution is -0.146. The largest absolute Gasteiger partial charge is 0.417 e. The van der Waals surface area contributed by atoms with Crippen LogP contribution in [0.2, 0.25) is 0 Å². The molecule has 0 saturated heterocycles. The Hall–Kier alpha value is -1.63. The van der Waals surface area contributed by atoms with Crippen molar-refractivity contribution in [2.75, 3.05) is 19.6 Å². The Balaban J connectivity index is 1.67. The number of pyridine rings is 1. The third-order valence-corrected chi connectivity index (χ3v) is 9.82. The molecule has 1 fully saturated rings. The standard InChI is InChI=1S/C34H56F3N3O/c1-5-7-9-11-13-15-20-39(21-16-14-12-10-8-6-2)30-17-19-33(24-30,27(3)4)32(41)40-22-18-31-28(26-40)23-29(25-38-31)34(35,36)37/h23,25,27,30H,5-22,24,26H2,1-4H3/t30-,33+/m1/s1. The first-order valence-electron chi connectivity index (χ1n) is 16.7. The van der Waals surface area contributed by atoms with Crippen LogP contribution in [-0.4, -0.2) is 46.4 Å². The lowest BCUT2D eigenvalue weighted by Gasteiger charge is -2.40. The molecule has 1 aliphatic heterocycles. The Morgan fingerprint density at radius 2 is 1.59 bits per heavy atom. The van der Waals surface area contributed by atoms with Gasteiger partial charge in [-0.15, -0.1) is 0 Å². The number of rotatable bonds is 17. The van der Waals surface area contributed by atoms with E-state index in [0.29, 0.717) is 30.3 Å². The smallest absolute Gasteiger partial charge is 0.337 e. The van der Waals surface area contributed by atoms with Gasteiger partial charge in [-0.25, -0.2) is 0 Å². The Morgan fingerprint density at radius 1 is 1.00 bits per heavy atom. The highest BCUT2D eigenvalue weighted by molar-refractivity contribution is 5.83. The van der Waals surface area contributed by atoms with Crippen LogP contribution in [0.3, 0.4) is 0 Å². The zero-order chi connectivity index (χ0) is 29.9. The summed E-state index contributed by atoms with van der Waals surface area (Å²) < 4.78 is 40.1. The number of hydrogen-bond donors (Lipinski definition) is 0. The minimum Gasteiger partial charge on any atom is -0.337 e. The highest BCUT2D eigenvalue weighted by atomic mass is 19.4. The summed E-state index contributed by atoms with van der Waals surface area (Å²) in [5.41, 5.74) is 0.0531. The summed E-state index contributed by atoms with van der Waals surface area (Å²) >= 11 is 0. The lowest BCUT2D eigenvalue weighted by Crippen LogP contribution is -2.48. The predicted molar refractivity (Wildman–Crippen MR) is 162 cm³/mol. The van der Waals surface area contributed by atoms with Gasteiger partial charge in [-0.3, -0.25) is 9.78 Å². The highest BCUT2D eigenvalue weighted by Gasteiger charge is 2.50. The van der Waals surface area contributed by atoms with Gasteiger partial charge in [0.2, 0.25) is 5.91 Å². The van der Waals surface area contributed by atoms with E-state index in [-0.39, 0.29) is 18.4 Å².